The lowest BCUT2D eigenvalue weighted by Crippen LogP contribution is -2.23. The molecule has 3 heteroatoms. The molecule has 0 radical (unpaired) electrons. The highest BCUT2D eigenvalue weighted by Gasteiger charge is 2.23. The van der Waals surface area contributed by atoms with Crippen molar-refractivity contribution in [1.82, 2.24) is 0 Å². The van der Waals surface area contributed by atoms with Gasteiger partial charge >= 0.3 is 0 Å². The number of ether oxygens (including phenoxy) is 1. The summed E-state index contributed by atoms with van der Waals surface area (Å²) in [6, 6.07) is 0. The molecule has 0 atom stereocenters. The molecule has 0 aromatic carbocycles. The van der Waals surface area contributed by atoms with Crippen LogP contribution in [0.3, 0.4) is 0 Å². The van der Waals surface area contributed by atoms with E-state index in [1.165, 1.54) is 0 Å². The molecule has 0 saturated carbocycles. The zero-order valence-corrected chi connectivity index (χ0v) is 8.85. The van der Waals surface area contributed by atoms with E-state index in [1.54, 1.807) is 7.11 Å². The highest BCUT2D eigenvalue weighted by atomic mass is 16.5. The Labute approximate surface area is 79.5 Å². The first-order valence-corrected chi connectivity index (χ1v) is 4.42. The molecule has 0 aliphatic heterocycles. The third-order valence-corrected chi connectivity index (χ3v) is 1.78. The number of carbonyl (C=O) groups is 2. The third-order valence-electron chi connectivity index (χ3n) is 1.78. The smallest absolute Gasteiger partial charge is 0.145 e. The van der Waals surface area contributed by atoms with Crippen LogP contribution in [-0.2, 0) is 14.3 Å². The predicted octanol–water partition coefficient (Wildman–Crippen LogP) is 1.60. The zero-order chi connectivity index (χ0) is 10.5. The van der Waals surface area contributed by atoms with Crippen molar-refractivity contribution in [3.8, 4) is 0 Å². The Kier molecular flexibility index (Phi) is 4.85. The van der Waals surface area contributed by atoms with E-state index in [1.807, 2.05) is 20.8 Å². The number of methoxy groups -OCH3 is 1. The van der Waals surface area contributed by atoms with E-state index in [9.17, 15) is 9.59 Å². The minimum atomic E-state index is -0.414. The Bertz CT molecular complexity index is 189. The van der Waals surface area contributed by atoms with Crippen LogP contribution in [0.25, 0.3) is 0 Å². The molecule has 13 heavy (non-hydrogen) atoms. The van der Waals surface area contributed by atoms with E-state index >= 15 is 0 Å². The van der Waals surface area contributed by atoms with Crippen molar-refractivity contribution in [3.05, 3.63) is 0 Å². The molecular formula is C10H18O3. The fraction of sp³-hybridized carbons (Fsp3) is 0.800. The van der Waals surface area contributed by atoms with Gasteiger partial charge in [0.1, 0.15) is 11.6 Å². The normalized spacial score (nSPS) is 11.4. The third kappa shape index (κ3) is 5.53. The summed E-state index contributed by atoms with van der Waals surface area (Å²) in [6.07, 6.45) is 0.366. The first-order valence-electron chi connectivity index (χ1n) is 4.42. The summed E-state index contributed by atoms with van der Waals surface area (Å²) < 4.78 is 4.75. The molecule has 0 rings (SSSR count). The lowest BCUT2D eigenvalue weighted by molar-refractivity contribution is -0.132. The van der Waals surface area contributed by atoms with Crippen LogP contribution < -0.4 is 0 Å². The number of carbonyl (C=O) groups excluding carboxylic acids is 2. The Balaban J connectivity index is 3.86. The van der Waals surface area contributed by atoms with Crippen molar-refractivity contribution >= 4 is 11.6 Å². The summed E-state index contributed by atoms with van der Waals surface area (Å²) in [4.78, 5) is 22.5. The summed E-state index contributed by atoms with van der Waals surface area (Å²) in [7, 11) is 1.54. The first-order chi connectivity index (χ1) is 5.88. The van der Waals surface area contributed by atoms with Crippen molar-refractivity contribution < 1.29 is 14.3 Å². The lowest BCUT2D eigenvalue weighted by atomic mass is 9.88. The van der Waals surface area contributed by atoms with E-state index in [0.717, 1.165) is 0 Å². The molecule has 0 aromatic heterocycles. The second-order valence-corrected chi connectivity index (χ2v) is 4.13. The molecule has 0 bridgehead atoms. The van der Waals surface area contributed by atoms with E-state index in [4.69, 9.17) is 4.74 Å². The van der Waals surface area contributed by atoms with Crippen molar-refractivity contribution in [3.63, 3.8) is 0 Å². The molecule has 76 valence electrons. The molecule has 0 spiro atoms. The van der Waals surface area contributed by atoms with Crippen molar-refractivity contribution in [1.29, 1.82) is 0 Å². The van der Waals surface area contributed by atoms with Crippen LogP contribution in [0.1, 0.15) is 33.6 Å². The molecule has 0 aliphatic rings. The fourth-order valence-corrected chi connectivity index (χ4v) is 0.749. The molecule has 0 N–H and O–H groups in total. The number of hydrogen-bond acceptors (Lipinski definition) is 3. The van der Waals surface area contributed by atoms with Gasteiger partial charge in [-0.05, 0) is 0 Å². The molecule has 0 saturated heterocycles. The number of rotatable bonds is 5. The van der Waals surface area contributed by atoms with E-state index in [2.05, 4.69) is 0 Å². The molecule has 0 fully saturated rings. The molecule has 0 aliphatic carbocycles. The second kappa shape index (κ2) is 5.12. The Morgan fingerprint density at radius 2 is 1.77 bits per heavy atom. The molecule has 0 aromatic rings. The Morgan fingerprint density at radius 1 is 1.23 bits per heavy atom. The molecule has 0 heterocycles. The maximum absolute atomic E-state index is 11.4. The minimum absolute atomic E-state index is 0.00592. The number of hydrogen-bond donors (Lipinski definition) is 0. The maximum Gasteiger partial charge on any atom is 0.145 e. The quantitative estimate of drug-likeness (QED) is 0.612. The average molecular weight is 186 g/mol. The van der Waals surface area contributed by atoms with Crippen LogP contribution in [0.4, 0.5) is 0 Å². The largest absolute Gasteiger partial charge is 0.384 e. The van der Waals surface area contributed by atoms with Gasteiger partial charge in [0.15, 0.2) is 0 Å². The Hall–Kier alpha value is -0.700. The zero-order valence-electron chi connectivity index (χ0n) is 8.85. The van der Waals surface area contributed by atoms with Gasteiger partial charge < -0.3 is 4.74 Å². The van der Waals surface area contributed by atoms with Crippen LogP contribution in [-0.4, -0.2) is 25.3 Å². The molecular weight excluding hydrogens is 168 g/mol. The second-order valence-electron chi connectivity index (χ2n) is 4.13. The van der Waals surface area contributed by atoms with Gasteiger partial charge in [-0.3, -0.25) is 9.59 Å². The van der Waals surface area contributed by atoms with Gasteiger partial charge in [-0.25, -0.2) is 0 Å². The number of ketones is 2. The first kappa shape index (κ1) is 12.3. The van der Waals surface area contributed by atoms with Crippen LogP contribution in [0.5, 0.6) is 0 Å². The van der Waals surface area contributed by atoms with Gasteiger partial charge in [-0.2, -0.15) is 0 Å². The standard InChI is InChI=1S/C10H18O3/c1-10(2,3)9(12)7-8(11)5-6-13-4/h5-7H2,1-4H3. The van der Waals surface area contributed by atoms with E-state index in [0.29, 0.717) is 13.0 Å². The van der Waals surface area contributed by atoms with Crippen molar-refractivity contribution in [2.45, 2.75) is 33.6 Å². The van der Waals surface area contributed by atoms with Crippen molar-refractivity contribution in [2.75, 3.05) is 13.7 Å². The summed E-state index contributed by atoms with van der Waals surface area (Å²) in [5.74, 6) is -0.0459. The van der Waals surface area contributed by atoms with Gasteiger partial charge in [-0.1, -0.05) is 20.8 Å². The maximum atomic E-state index is 11.4. The number of Topliss-reactive ketones (excluding diaryl/α,β-unsaturated/α-hetero) is 2. The summed E-state index contributed by atoms with van der Waals surface area (Å²) in [5, 5.41) is 0. The van der Waals surface area contributed by atoms with Crippen LogP contribution in [0.2, 0.25) is 0 Å². The van der Waals surface area contributed by atoms with Crippen LogP contribution in [0.15, 0.2) is 0 Å². The SMILES string of the molecule is COCCC(=O)CC(=O)C(C)(C)C. The summed E-state index contributed by atoms with van der Waals surface area (Å²) in [6.45, 7) is 5.85. The minimum Gasteiger partial charge on any atom is -0.384 e. The van der Waals surface area contributed by atoms with Crippen LogP contribution in [0, 0.1) is 5.41 Å². The molecule has 3 nitrogen and oxygen atoms in total. The highest BCUT2D eigenvalue weighted by Crippen LogP contribution is 2.16. The lowest BCUT2D eigenvalue weighted by Gasteiger charge is -2.15. The van der Waals surface area contributed by atoms with Gasteiger partial charge in [0.25, 0.3) is 0 Å². The molecule has 0 amide bonds. The van der Waals surface area contributed by atoms with Gasteiger partial charge in [0.2, 0.25) is 0 Å². The van der Waals surface area contributed by atoms with E-state index in [-0.39, 0.29) is 18.0 Å². The monoisotopic (exact) mass is 186 g/mol. The van der Waals surface area contributed by atoms with Crippen molar-refractivity contribution in [2.24, 2.45) is 5.41 Å². The fourth-order valence-electron chi connectivity index (χ4n) is 0.749. The Morgan fingerprint density at radius 3 is 2.15 bits per heavy atom. The molecule has 0 unspecified atom stereocenters. The van der Waals surface area contributed by atoms with E-state index < -0.39 is 5.41 Å². The summed E-state index contributed by atoms with van der Waals surface area (Å²) in [5.41, 5.74) is -0.414. The summed E-state index contributed by atoms with van der Waals surface area (Å²) >= 11 is 0. The van der Waals surface area contributed by atoms with Crippen LogP contribution >= 0.6 is 0 Å². The average Bonchev–Trinajstić information content (AvgIpc) is 1.99. The topological polar surface area (TPSA) is 43.4 Å². The predicted molar refractivity (Wildman–Crippen MR) is 50.6 cm³/mol. The van der Waals surface area contributed by atoms with Gasteiger partial charge in [-0.15, -0.1) is 0 Å². The highest BCUT2D eigenvalue weighted by molar-refractivity contribution is 6.01. The van der Waals surface area contributed by atoms with Gasteiger partial charge in [0.05, 0.1) is 13.0 Å². The van der Waals surface area contributed by atoms with Gasteiger partial charge in [0, 0.05) is 18.9 Å².